The number of carboxylic acid groups (broad SMARTS) is 1. The van der Waals surface area contributed by atoms with Crippen LogP contribution in [-0.2, 0) is 21.9 Å². The maximum absolute atomic E-state index is 14.9. The van der Waals surface area contributed by atoms with E-state index in [0.717, 1.165) is 18.4 Å². The van der Waals surface area contributed by atoms with Crippen LogP contribution in [0.25, 0.3) is 11.4 Å². The molecular formula is C28H31ClF2N2O5. The van der Waals surface area contributed by atoms with E-state index < -0.39 is 29.0 Å². The second kappa shape index (κ2) is 10.6. The Morgan fingerprint density at radius 3 is 2.47 bits per heavy atom. The zero-order valence-electron chi connectivity index (χ0n) is 21.8. The highest BCUT2D eigenvalue weighted by molar-refractivity contribution is 6.31. The van der Waals surface area contributed by atoms with Crippen LogP contribution >= 0.6 is 11.6 Å². The number of hydrogen-bond donors (Lipinski definition) is 1. The molecule has 2 aromatic heterocycles. The van der Waals surface area contributed by atoms with Crippen LogP contribution in [0.15, 0.2) is 33.3 Å². The predicted octanol–water partition coefficient (Wildman–Crippen LogP) is 7.46. The molecule has 3 aromatic rings. The van der Waals surface area contributed by atoms with Crippen molar-refractivity contribution in [3.63, 3.8) is 0 Å². The topological polar surface area (TPSA) is 106 Å². The molecule has 1 aliphatic rings. The second-order valence-electron chi connectivity index (χ2n) is 11.1. The molecule has 1 atom stereocenters. The molecule has 7 nitrogen and oxygen atoms in total. The number of carbonyl (C=O) groups is 2. The van der Waals surface area contributed by atoms with Crippen molar-refractivity contribution < 1.29 is 32.5 Å². The number of hydrogen-bond acceptors (Lipinski definition) is 6. The van der Waals surface area contributed by atoms with Crippen molar-refractivity contribution in [2.45, 2.75) is 84.0 Å². The molecule has 0 saturated heterocycles. The van der Waals surface area contributed by atoms with E-state index >= 15 is 0 Å². The van der Waals surface area contributed by atoms with Crippen LogP contribution in [0.5, 0.6) is 0 Å². The number of rotatable bonds is 11. The van der Waals surface area contributed by atoms with Crippen molar-refractivity contribution in [1.29, 1.82) is 0 Å². The average Bonchev–Trinajstić information content (AvgIpc) is 3.35. The largest absolute Gasteiger partial charge is 0.481 e. The van der Waals surface area contributed by atoms with Gasteiger partial charge in [0.15, 0.2) is 0 Å². The van der Waals surface area contributed by atoms with Gasteiger partial charge in [0.2, 0.25) is 5.76 Å². The molecule has 38 heavy (non-hydrogen) atoms. The number of alkyl halides is 2. The van der Waals surface area contributed by atoms with Crippen LogP contribution in [0.1, 0.15) is 92.9 Å². The van der Waals surface area contributed by atoms with E-state index in [4.69, 9.17) is 20.6 Å². The third-order valence-electron chi connectivity index (χ3n) is 6.89. The highest BCUT2D eigenvalue weighted by atomic mass is 35.5. The Labute approximate surface area is 224 Å². The van der Waals surface area contributed by atoms with Crippen molar-refractivity contribution in [2.24, 2.45) is 5.41 Å². The smallest absolute Gasteiger partial charge is 0.312 e. The fourth-order valence-electron chi connectivity index (χ4n) is 4.44. The molecule has 10 heteroatoms. The number of Topliss-reactive ketones (excluding diaryl/α,β-unsaturated/α-hetero) is 1. The number of aryl methyl sites for hydroxylation is 1. The van der Waals surface area contributed by atoms with Crippen molar-refractivity contribution >= 4 is 23.4 Å². The Hall–Kier alpha value is -3.07. The summed E-state index contributed by atoms with van der Waals surface area (Å²) < 4.78 is 40.5. The minimum atomic E-state index is -3.27. The average molecular weight is 549 g/mol. The quantitative estimate of drug-likeness (QED) is 0.265. The number of ketones is 1. The lowest BCUT2D eigenvalue weighted by molar-refractivity contribution is -0.137. The van der Waals surface area contributed by atoms with Gasteiger partial charge in [-0.15, -0.1) is 0 Å². The summed E-state index contributed by atoms with van der Waals surface area (Å²) in [6, 6.07) is 6.64. The molecule has 204 valence electrons. The summed E-state index contributed by atoms with van der Waals surface area (Å²) in [6.45, 7) is 6.13. The van der Waals surface area contributed by atoms with E-state index in [1.165, 1.54) is 26.8 Å². The molecule has 1 aromatic carbocycles. The fraction of sp³-hybridized carbons (Fsp3) is 0.500. The van der Waals surface area contributed by atoms with E-state index in [1.54, 1.807) is 12.1 Å². The summed E-state index contributed by atoms with van der Waals surface area (Å²) in [7, 11) is 0. The number of benzene rings is 1. The first-order valence-electron chi connectivity index (χ1n) is 12.6. The third kappa shape index (κ3) is 5.98. The zero-order chi connectivity index (χ0) is 27.8. The summed E-state index contributed by atoms with van der Waals surface area (Å²) in [6.07, 6.45) is 1.78. The molecule has 0 spiro atoms. The Morgan fingerprint density at radius 1 is 1.16 bits per heavy atom. The van der Waals surface area contributed by atoms with Gasteiger partial charge in [0.1, 0.15) is 22.9 Å². The molecule has 2 heterocycles. The van der Waals surface area contributed by atoms with Gasteiger partial charge in [-0.2, -0.15) is 8.78 Å². The van der Waals surface area contributed by atoms with Crippen LogP contribution in [0, 0.1) is 12.3 Å². The number of halogens is 3. The van der Waals surface area contributed by atoms with E-state index in [9.17, 15) is 23.5 Å². The van der Waals surface area contributed by atoms with Crippen LogP contribution in [0.2, 0.25) is 5.02 Å². The first-order chi connectivity index (χ1) is 17.8. The minimum Gasteiger partial charge on any atom is -0.481 e. The molecule has 1 N–H and O–H groups in total. The number of aromatic nitrogens is 2. The van der Waals surface area contributed by atoms with Crippen molar-refractivity contribution in [1.82, 2.24) is 10.3 Å². The third-order valence-corrected chi connectivity index (χ3v) is 7.25. The standard InChI is InChI=1S/C28H31ClF2N2O5/c1-15-5-6-17(20(29)11-15)12-19(34)13-18(9-10-23(35)36)26-24(16-7-8-16)25(33-38-26)21-14-22(37-32-21)28(30,31)27(2,3)4/h5-6,11,14,16,18H,7-10,12-13H2,1-4H3,(H,35,36)/t18-/m0/s1. The first-order valence-corrected chi connectivity index (χ1v) is 13.0. The van der Waals surface area contributed by atoms with E-state index in [1.807, 2.05) is 13.0 Å². The van der Waals surface area contributed by atoms with Gasteiger partial charge in [0.05, 0.1) is 0 Å². The van der Waals surface area contributed by atoms with Crippen LogP contribution in [-0.4, -0.2) is 27.2 Å². The molecule has 1 fully saturated rings. The number of carboxylic acids is 1. The minimum absolute atomic E-state index is 0.0258. The first kappa shape index (κ1) is 28.0. The van der Waals surface area contributed by atoms with Gasteiger partial charge in [0.25, 0.3) is 0 Å². The van der Waals surface area contributed by atoms with Crippen LogP contribution in [0.4, 0.5) is 8.78 Å². The van der Waals surface area contributed by atoms with Crippen molar-refractivity contribution in [3.8, 4) is 11.4 Å². The summed E-state index contributed by atoms with van der Waals surface area (Å²) in [5, 5.41) is 17.8. The van der Waals surface area contributed by atoms with Gasteiger partial charge >= 0.3 is 11.9 Å². The SMILES string of the molecule is Cc1ccc(CC(=O)C[C@H](CCC(=O)O)c2onc(-c3cc(C(F)(F)C(C)(C)C)on3)c2C2CC2)c(Cl)c1. The molecule has 0 unspecified atom stereocenters. The Morgan fingerprint density at radius 2 is 1.87 bits per heavy atom. The number of nitrogens with zero attached hydrogens (tertiary/aromatic N) is 2. The monoisotopic (exact) mass is 548 g/mol. The molecule has 1 aliphatic carbocycles. The number of aliphatic carboxylic acids is 1. The van der Waals surface area contributed by atoms with Gasteiger partial charge in [-0.05, 0) is 49.3 Å². The lowest BCUT2D eigenvalue weighted by atomic mass is 9.86. The van der Waals surface area contributed by atoms with Gasteiger partial charge in [0, 0.05) is 47.2 Å². The van der Waals surface area contributed by atoms with E-state index in [0.29, 0.717) is 21.9 Å². The Kier molecular flexibility index (Phi) is 7.79. The predicted molar refractivity (Wildman–Crippen MR) is 136 cm³/mol. The van der Waals surface area contributed by atoms with Gasteiger partial charge < -0.3 is 14.2 Å². The van der Waals surface area contributed by atoms with Crippen molar-refractivity contribution in [3.05, 3.63) is 57.5 Å². The molecule has 0 amide bonds. The van der Waals surface area contributed by atoms with Gasteiger partial charge in [-0.3, -0.25) is 9.59 Å². The second-order valence-corrected chi connectivity index (χ2v) is 11.5. The highest BCUT2D eigenvalue weighted by Crippen LogP contribution is 2.50. The molecule has 0 radical (unpaired) electrons. The molecular weight excluding hydrogens is 518 g/mol. The summed E-state index contributed by atoms with van der Waals surface area (Å²) >= 11 is 6.31. The van der Waals surface area contributed by atoms with Crippen molar-refractivity contribution in [2.75, 3.05) is 0 Å². The Bertz CT molecular complexity index is 1340. The summed E-state index contributed by atoms with van der Waals surface area (Å²) in [5.74, 6) is -5.05. The van der Waals surface area contributed by atoms with Crippen LogP contribution in [0.3, 0.4) is 0 Å². The highest BCUT2D eigenvalue weighted by Gasteiger charge is 2.48. The summed E-state index contributed by atoms with van der Waals surface area (Å²) in [4.78, 5) is 24.5. The maximum atomic E-state index is 14.9. The Balaban J connectivity index is 1.64. The molecule has 4 rings (SSSR count). The maximum Gasteiger partial charge on any atom is 0.312 e. The lowest BCUT2D eigenvalue weighted by Gasteiger charge is -2.27. The van der Waals surface area contributed by atoms with E-state index in [-0.39, 0.29) is 48.8 Å². The van der Waals surface area contributed by atoms with Gasteiger partial charge in [-0.1, -0.05) is 54.8 Å². The van der Waals surface area contributed by atoms with Gasteiger partial charge in [-0.25, -0.2) is 0 Å². The fourth-order valence-corrected chi connectivity index (χ4v) is 4.74. The van der Waals surface area contributed by atoms with Crippen LogP contribution < -0.4 is 0 Å². The lowest BCUT2D eigenvalue weighted by Crippen LogP contribution is -2.30. The molecule has 0 aliphatic heterocycles. The zero-order valence-corrected chi connectivity index (χ0v) is 22.6. The van der Waals surface area contributed by atoms with E-state index in [2.05, 4.69) is 10.3 Å². The normalized spacial score (nSPS) is 15.0. The molecule has 1 saturated carbocycles. The molecule has 0 bridgehead atoms. The number of carbonyl (C=O) groups excluding carboxylic acids is 1. The summed E-state index contributed by atoms with van der Waals surface area (Å²) in [5.41, 5.74) is 1.37.